The third-order valence-electron chi connectivity index (χ3n) is 1.69. The highest BCUT2D eigenvalue weighted by Gasteiger charge is 2.26. The van der Waals surface area contributed by atoms with Gasteiger partial charge in [0.05, 0.1) is 6.54 Å². The molecule has 2 heterocycles. The van der Waals surface area contributed by atoms with Crippen LogP contribution >= 0.6 is 11.3 Å². The Morgan fingerprint density at radius 3 is 2.69 bits per heavy atom. The van der Waals surface area contributed by atoms with Crippen molar-refractivity contribution in [2.45, 2.75) is 12.7 Å². The molecule has 0 aromatic carbocycles. The topological polar surface area (TPSA) is 50.7 Å². The van der Waals surface area contributed by atoms with E-state index < -0.39 is 12.7 Å². The molecule has 0 radical (unpaired) electrons. The van der Waals surface area contributed by atoms with E-state index in [2.05, 4.69) is 20.3 Å². The normalized spacial score (nSPS) is 12.2. The summed E-state index contributed by atoms with van der Waals surface area (Å²) >= 11 is 1.23. The van der Waals surface area contributed by atoms with Gasteiger partial charge in [-0.1, -0.05) is 11.3 Å². The molecule has 0 atom stereocenters. The Bertz CT molecular complexity index is 448. The molecule has 2 aromatic heterocycles. The van der Waals surface area contributed by atoms with Crippen LogP contribution < -0.4 is 5.32 Å². The lowest BCUT2D eigenvalue weighted by Gasteiger charge is -2.05. The second kappa shape index (κ2) is 4.30. The van der Waals surface area contributed by atoms with Crippen LogP contribution in [0.15, 0.2) is 12.4 Å². The van der Waals surface area contributed by atoms with E-state index in [1.165, 1.54) is 23.7 Å². The molecule has 0 aliphatic carbocycles. The summed E-state index contributed by atoms with van der Waals surface area (Å²) in [6.45, 7) is -0.952. The minimum atomic E-state index is -4.20. The largest absolute Gasteiger partial charge is 0.401 e. The van der Waals surface area contributed by atoms with Gasteiger partial charge in [-0.05, 0) is 0 Å². The molecule has 2 aromatic rings. The zero-order chi connectivity index (χ0) is 11.6. The molecule has 0 aliphatic heterocycles. The van der Waals surface area contributed by atoms with Crippen molar-refractivity contribution >= 4 is 21.8 Å². The Kier molecular flexibility index (Phi) is 3.01. The zero-order valence-electron chi connectivity index (χ0n) is 7.95. The fraction of sp³-hybridized carbons (Fsp3) is 0.375. The lowest BCUT2D eigenvalue weighted by atomic mass is 10.6. The van der Waals surface area contributed by atoms with Crippen LogP contribution in [0.1, 0.15) is 5.01 Å². The predicted octanol–water partition coefficient (Wildman–Crippen LogP) is 1.74. The van der Waals surface area contributed by atoms with Gasteiger partial charge in [-0.3, -0.25) is 0 Å². The van der Waals surface area contributed by atoms with Gasteiger partial charge in [0.2, 0.25) is 0 Å². The predicted molar refractivity (Wildman–Crippen MR) is 53.0 cm³/mol. The first-order chi connectivity index (χ1) is 7.54. The number of rotatable bonds is 3. The Morgan fingerprint density at radius 2 is 2.00 bits per heavy atom. The Morgan fingerprint density at radius 1 is 1.25 bits per heavy atom. The fourth-order valence-corrected chi connectivity index (χ4v) is 1.94. The molecule has 0 spiro atoms. The van der Waals surface area contributed by atoms with E-state index in [1.807, 2.05) is 0 Å². The minimum Gasteiger partial charge on any atom is -0.302 e. The highest BCUT2D eigenvalue weighted by molar-refractivity contribution is 7.18. The van der Waals surface area contributed by atoms with Crippen molar-refractivity contribution in [1.29, 1.82) is 0 Å². The highest BCUT2D eigenvalue weighted by atomic mass is 32.1. The van der Waals surface area contributed by atoms with Crippen LogP contribution in [0, 0.1) is 0 Å². The Labute approximate surface area is 92.6 Å². The highest BCUT2D eigenvalue weighted by Crippen LogP contribution is 2.18. The second-order valence-corrected chi connectivity index (χ2v) is 4.07. The van der Waals surface area contributed by atoms with Crippen molar-refractivity contribution in [3.8, 4) is 0 Å². The average molecular weight is 248 g/mol. The first-order valence-corrected chi connectivity index (χ1v) is 5.20. The summed E-state index contributed by atoms with van der Waals surface area (Å²) in [5.41, 5.74) is 0.469. The van der Waals surface area contributed by atoms with Gasteiger partial charge >= 0.3 is 6.18 Å². The van der Waals surface area contributed by atoms with Crippen molar-refractivity contribution in [3.05, 3.63) is 17.4 Å². The van der Waals surface area contributed by atoms with Crippen molar-refractivity contribution in [1.82, 2.24) is 20.3 Å². The standard InChI is InChI=1S/C8H7F3N4S/c9-8(10,11)4-12-3-5-15-6-7(16-5)14-2-1-13-6/h1-2,12H,3-4H2. The quantitative estimate of drug-likeness (QED) is 0.898. The molecular weight excluding hydrogens is 241 g/mol. The van der Waals surface area contributed by atoms with Crippen molar-refractivity contribution in [2.24, 2.45) is 0 Å². The van der Waals surface area contributed by atoms with E-state index in [0.29, 0.717) is 15.5 Å². The smallest absolute Gasteiger partial charge is 0.302 e. The van der Waals surface area contributed by atoms with Crippen LogP contribution in [-0.4, -0.2) is 27.7 Å². The molecular formula is C8H7F3N4S. The van der Waals surface area contributed by atoms with Gasteiger partial charge in [-0.25, -0.2) is 15.0 Å². The SMILES string of the molecule is FC(F)(F)CNCc1nc2nccnc2s1. The lowest BCUT2D eigenvalue weighted by Crippen LogP contribution is -2.28. The molecule has 0 bridgehead atoms. The number of thiazole rings is 1. The zero-order valence-corrected chi connectivity index (χ0v) is 8.77. The molecule has 0 amide bonds. The first kappa shape index (κ1) is 11.2. The van der Waals surface area contributed by atoms with Crippen molar-refractivity contribution in [2.75, 3.05) is 6.54 Å². The number of hydrogen-bond acceptors (Lipinski definition) is 5. The summed E-state index contributed by atoms with van der Waals surface area (Å²) in [6.07, 6.45) is -1.18. The van der Waals surface area contributed by atoms with Crippen LogP contribution in [0.2, 0.25) is 0 Å². The number of alkyl halides is 3. The third kappa shape index (κ3) is 2.86. The molecule has 16 heavy (non-hydrogen) atoms. The number of aromatic nitrogens is 3. The van der Waals surface area contributed by atoms with Crippen LogP contribution in [0.4, 0.5) is 13.2 Å². The number of nitrogens with zero attached hydrogens (tertiary/aromatic N) is 3. The molecule has 0 aliphatic rings. The summed E-state index contributed by atoms with van der Waals surface area (Å²) in [6, 6.07) is 0. The van der Waals surface area contributed by atoms with Gasteiger partial charge in [-0.2, -0.15) is 13.2 Å². The van der Waals surface area contributed by atoms with Crippen LogP contribution in [0.3, 0.4) is 0 Å². The summed E-state index contributed by atoms with van der Waals surface area (Å²) in [7, 11) is 0. The van der Waals surface area contributed by atoms with E-state index in [1.54, 1.807) is 0 Å². The lowest BCUT2D eigenvalue weighted by molar-refractivity contribution is -0.125. The number of nitrogens with one attached hydrogen (secondary N) is 1. The maximum absolute atomic E-state index is 11.9. The number of halogens is 3. The van der Waals surface area contributed by atoms with E-state index in [4.69, 9.17) is 0 Å². The molecule has 4 nitrogen and oxygen atoms in total. The van der Waals surface area contributed by atoms with E-state index >= 15 is 0 Å². The molecule has 0 saturated heterocycles. The average Bonchev–Trinajstić information content (AvgIpc) is 2.57. The van der Waals surface area contributed by atoms with Crippen LogP contribution in [0.25, 0.3) is 10.5 Å². The van der Waals surface area contributed by atoms with Gasteiger partial charge in [-0.15, -0.1) is 0 Å². The number of fused-ring (bicyclic) bond motifs is 1. The monoisotopic (exact) mass is 248 g/mol. The van der Waals surface area contributed by atoms with Crippen LogP contribution in [0.5, 0.6) is 0 Å². The summed E-state index contributed by atoms with van der Waals surface area (Å²) in [4.78, 5) is 12.6. The van der Waals surface area contributed by atoms with Crippen molar-refractivity contribution in [3.63, 3.8) is 0 Å². The molecule has 0 fully saturated rings. The maximum atomic E-state index is 11.9. The van der Waals surface area contributed by atoms with Gasteiger partial charge < -0.3 is 5.32 Å². The van der Waals surface area contributed by atoms with Crippen LogP contribution in [-0.2, 0) is 6.54 Å². The minimum absolute atomic E-state index is 0.0716. The summed E-state index contributed by atoms with van der Waals surface area (Å²) < 4.78 is 35.6. The van der Waals surface area contributed by atoms with E-state index in [-0.39, 0.29) is 6.54 Å². The molecule has 0 unspecified atom stereocenters. The Hall–Kier alpha value is -1.28. The third-order valence-corrected chi connectivity index (χ3v) is 2.65. The van der Waals surface area contributed by atoms with Gasteiger partial charge in [0.15, 0.2) is 10.5 Å². The molecule has 0 saturated carbocycles. The van der Waals surface area contributed by atoms with Gasteiger partial charge in [0.25, 0.3) is 0 Å². The molecule has 86 valence electrons. The first-order valence-electron chi connectivity index (χ1n) is 4.38. The number of hydrogen-bond donors (Lipinski definition) is 1. The fourth-order valence-electron chi connectivity index (χ4n) is 1.11. The van der Waals surface area contributed by atoms with Gasteiger partial charge in [0.1, 0.15) is 5.01 Å². The van der Waals surface area contributed by atoms with Gasteiger partial charge in [0, 0.05) is 18.9 Å². The second-order valence-electron chi connectivity index (χ2n) is 3.01. The Balaban J connectivity index is 2.00. The maximum Gasteiger partial charge on any atom is 0.401 e. The van der Waals surface area contributed by atoms with E-state index in [0.717, 1.165) is 0 Å². The van der Waals surface area contributed by atoms with Crippen molar-refractivity contribution < 1.29 is 13.2 Å². The summed E-state index contributed by atoms with van der Waals surface area (Å²) in [5, 5.41) is 2.82. The molecule has 8 heteroatoms. The molecule has 1 N–H and O–H groups in total. The summed E-state index contributed by atoms with van der Waals surface area (Å²) in [5.74, 6) is 0. The molecule has 2 rings (SSSR count). The van der Waals surface area contributed by atoms with E-state index in [9.17, 15) is 13.2 Å².